The van der Waals surface area contributed by atoms with Gasteiger partial charge >= 0.3 is 5.97 Å². The molecular weight excluding hydrogens is 332 g/mol. The van der Waals surface area contributed by atoms with Crippen LogP contribution in [-0.4, -0.2) is 16.1 Å². The number of carboxylic acids is 1. The van der Waals surface area contributed by atoms with Crippen molar-refractivity contribution in [3.8, 4) is 0 Å². The Balaban J connectivity index is 2.36. The fraction of sp³-hybridized carbons (Fsp3) is 0.250. The van der Waals surface area contributed by atoms with Gasteiger partial charge in [-0.3, -0.25) is 0 Å². The number of carboxylic acid groups (broad SMARTS) is 1. The Hall–Kier alpha value is -1.88. The summed E-state index contributed by atoms with van der Waals surface area (Å²) in [6.45, 7) is 4.05. The largest absolute Gasteiger partial charge is 0.478 e. The number of halogens is 1. The van der Waals surface area contributed by atoms with Crippen LogP contribution in [0.1, 0.15) is 35.0 Å². The van der Waals surface area contributed by atoms with Crippen LogP contribution >= 0.6 is 15.9 Å². The highest BCUT2D eigenvalue weighted by atomic mass is 79.9. The lowest BCUT2D eigenvalue weighted by Gasteiger charge is -2.11. The van der Waals surface area contributed by atoms with Gasteiger partial charge in [0.2, 0.25) is 0 Å². The highest BCUT2D eigenvalue weighted by Gasteiger charge is 2.09. The molecule has 0 aliphatic heterocycles. The van der Waals surface area contributed by atoms with Crippen LogP contribution in [0.2, 0.25) is 0 Å². The number of aromatic nitrogens is 1. The molecule has 2 aromatic rings. The lowest BCUT2D eigenvalue weighted by atomic mass is 10.1. The molecule has 5 heteroatoms. The number of hydrogen-bond donors (Lipinski definition) is 2. The second-order valence-electron chi connectivity index (χ2n) is 4.90. The first-order chi connectivity index (χ1) is 9.99. The molecule has 0 bridgehead atoms. The smallest absolute Gasteiger partial charge is 0.335 e. The second-order valence-corrected chi connectivity index (χ2v) is 5.75. The number of rotatable bonds is 5. The van der Waals surface area contributed by atoms with E-state index in [4.69, 9.17) is 0 Å². The van der Waals surface area contributed by atoms with E-state index in [9.17, 15) is 9.90 Å². The standard InChI is InChI=1S/C16H17BrN2O2/c1-3-4-12-8-11(16(20)21)9-15(18-12)19-14-6-5-10(2)7-13(14)17/h5-9H,3-4H2,1-2H3,(H,18,19)(H,20,21). The maximum absolute atomic E-state index is 11.2. The number of benzene rings is 1. The summed E-state index contributed by atoms with van der Waals surface area (Å²) in [5.74, 6) is -0.399. The van der Waals surface area contributed by atoms with Gasteiger partial charge in [-0.05, 0) is 59.1 Å². The molecule has 21 heavy (non-hydrogen) atoms. The fourth-order valence-electron chi connectivity index (χ4n) is 2.02. The van der Waals surface area contributed by atoms with Crippen molar-refractivity contribution in [1.82, 2.24) is 4.98 Å². The van der Waals surface area contributed by atoms with E-state index in [2.05, 4.69) is 26.2 Å². The van der Waals surface area contributed by atoms with Crippen LogP contribution in [0.15, 0.2) is 34.8 Å². The van der Waals surface area contributed by atoms with Gasteiger partial charge in [0.15, 0.2) is 0 Å². The second kappa shape index (κ2) is 6.72. The van der Waals surface area contributed by atoms with Crippen LogP contribution in [-0.2, 0) is 6.42 Å². The molecule has 0 aliphatic rings. The third-order valence-electron chi connectivity index (χ3n) is 3.02. The van der Waals surface area contributed by atoms with E-state index in [0.717, 1.165) is 34.3 Å². The Morgan fingerprint density at radius 3 is 2.71 bits per heavy atom. The highest BCUT2D eigenvalue weighted by Crippen LogP contribution is 2.26. The summed E-state index contributed by atoms with van der Waals surface area (Å²) in [5.41, 5.74) is 3.03. The Bertz CT molecular complexity index is 671. The molecule has 0 spiro atoms. The molecule has 2 N–H and O–H groups in total. The van der Waals surface area contributed by atoms with Gasteiger partial charge in [-0.15, -0.1) is 0 Å². The summed E-state index contributed by atoms with van der Waals surface area (Å²) in [6.07, 6.45) is 1.68. The van der Waals surface area contributed by atoms with Crippen molar-refractivity contribution in [2.45, 2.75) is 26.7 Å². The summed E-state index contributed by atoms with van der Waals surface area (Å²) >= 11 is 3.49. The van der Waals surface area contributed by atoms with E-state index >= 15 is 0 Å². The predicted molar refractivity (Wildman–Crippen MR) is 87.4 cm³/mol. The molecule has 0 saturated carbocycles. The number of anilines is 2. The van der Waals surface area contributed by atoms with Gasteiger partial charge < -0.3 is 10.4 Å². The zero-order chi connectivity index (χ0) is 15.4. The molecule has 110 valence electrons. The van der Waals surface area contributed by atoms with E-state index in [1.165, 1.54) is 0 Å². The summed E-state index contributed by atoms with van der Waals surface area (Å²) < 4.78 is 0.919. The van der Waals surface area contributed by atoms with Crippen LogP contribution < -0.4 is 5.32 Å². The van der Waals surface area contributed by atoms with Crippen molar-refractivity contribution in [1.29, 1.82) is 0 Å². The van der Waals surface area contributed by atoms with Crippen LogP contribution in [0.4, 0.5) is 11.5 Å². The highest BCUT2D eigenvalue weighted by molar-refractivity contribution is 9.10. The summed E-state index contributed by atoms with van der Waals surface area (Å²) in [4.78, 5) is 15.7. The maximum Gasteiger partial charge on any atom is 0.335 e. The van der Waals surface area contributed by atoms with Crippen molar-refractivity contribution in [2.75, 3.05) is 5.32 Å². The minimum atomic E-state index is -0.944. The molecule has 0 atom stereocenters. The van der Waals surface area contributed by atoms with Crippen molar-refractivity contribution < 1.29 is 9.90 Å². The molecule has 0 amide bonds. The van der Waals surface area contributed by atoms with Crippen LogP contribution in [0.25, 0.3) is 0 Å². The molecule has 0 unspecified atom stereocenters. The predicted octanol–water partition coefficient (Wildman–Crippen LogP) is 4.55. The third-order valence-corrected chi connectivity index (χ3v) is 3.67. The molecule has 0 saturated heterocycles. The van der Waals surface area contributed by atoms with Crippen LogP contribution in [0.3, 0.4) is 0 Å². The molecule has 0 fully saturated rings. The van der Waals surface area contributed by atoms with Gasteiger partial charge in [0.05, 0.1) is 11.3 Å². The number of aromatic carboxylic acids is 1. The molecule has 1 heterocycles. The number of nitrogens with zero attached hydrogens (tertiary/aromatic N) is 1. The van der Waals surface area contributed by atoms with Crippen molar-refractivity contribution >= 4 is 33.4 Å². The Labute approximate surface area is 132 Å². The van der Waals surface area contributed by atoms with Gasteiger partial charge in [-0.2, -0.15) is 0 Å². The number of pyridine rings is 1. The quantitative estimate of drug-likeness (QED) is 0.832. The van der Waals surface area contributed by atoms with E-state index in [0.29, 0.717) is 5.82 Å². The van der Waals surface area contributed by atoms with Crippen molar-refractivity contribution in [2.24, 2.45) is 0 Å². The Morgan fingerprint density at radius 1 is 1.33 bits per heavy atom. The molecule has 0 aliphatic carbocycles. The van der Waals surface area contributed by atoms with Crippen LogP contribution in [0.5, 0.6) is 0 Å². The van der Waals surface area contributed by atoms with Gasteiger partial charge in [-0.25, -0.2) is 9.78 Å². The lowest BCUT2D eigenvalue weighted by molar-refractivity contribution is 0.0696. The summed E-state index contributed by atoms with van der Waals surface area (Å²) in [6, 6.07) is 9.10. The fourth-order valence-corrected chi connectivity index (χ4v) is 2.61. The monoisotopic (exact) mass is 348 g/mol. The average molecular weight is 349 g/mol. The van der Waals surface area contributed by atoms with Crippen LogP contribution in [0, 0.1) is 6.92 Å². The van der Waals surface area contributed by atoms with Gasteiger partial charge in [0.25, 0.3) is 0 Å². The third kappa shape index (κ3) is 4.04. The van der Waals surface area contributed by atoms with Gasteiger partial charge in [0.1, 0.15) is 5.82 Å². The average Bonchev–Trinajstić information content (AvgIpc) is 2.42. The first kappa shape index (κ1) is 15.5. The molecular formula is C16H17BrN2O2. The van der Waals surface area contributed by atoms with Crippen molar-refractivity contribution in [3.63, 3.8) is 0 Å². The van der Waals surface area contributed by atoms with Crippen molar-refractivity contribution in [3.05, 3.63) is 51.6 Å². The van der Waals surface area contributed by atoms with E-state index in [1.807, 2.05) is 32.0 Å². The number of carbonyl (C=O) groups is 1. The molecule has 4 nitrogen and oxygen atoms in total. The Morgan fingerprint density at radius 2 is 2.10 bits per heavy atom. The van der Waals surface area contributed by atoms with E-state index < -0.39 is 5.97 Å². The summed E-state index contributed by atoms with van der Waals surface area (Å²) in [7, 11) is 0. The van der Waals surface area contributed by atoms with Gasteiger partial charge in [0, 0.05) is 10.2 Å². The number of nitrogens with one attached hydrogen (secondary N) is 1. The molecule has 0 radical (unpaired) electrons. The molecule has 1 aromatic heterocycles. The minimum absolute atomic E-state index is 0.249. The molecule has 1 aromatic carbocycles. The first-order valence-electron chi connectivity index (χ1n) is 6.77. The van der Waals surface area contributed by atoms with Gasteiger partial charge in [-0.1, -0.05) is 19.4 Å². The zero-order valence-corrected chi connectivity index (χ0v) is 13.6. The first-order valence-corrected chi connectivity index (χ1v) is 7.56. The maximum atomic E-state index is 11.2. The summed E-state index contributed by atoms with van der Waals surface area (Å²) in [5, 5.41) is 12.4. The SMILES string of the molecule is CCCc1cc(C(=O)O)cc(Nc2ccc(C)cc2Br)n1. The zero-order valence-electron chi connectivity index (χ0n) is 12.0. The minimum Gasteiger partial charge on any atom is -0.478 e. The van der Waals surface area contributed by atoms with E-state index in [-0.39, 0.29) is 5.56 Å². The topological polar surface area (TPSA) is 62.2 Å². The molecule has 2 rings (SSSR count). The lowest BCUT2D eigenvalue weighted by Crippen LogP contribution is -2.04. The number of aryl methyl sites for hydroxylation is 2. The number of hydrogen-bond acceptors (Lipinski definition) is 3. The van der Waals surface area contributed by atoms with E-state index in [1.54, 1.807) is 12.1 Å². The Kier molecular flexibility index (Phi) is 4.96. The normalized spacial score (nSPS) is 10.4.